The van der Waals surface area contributed by atoms with E-state index in [-0.39, 0.29) is 0 Å². The lowest BCUT2D eigenvalue weighted by Gasteiger charge is -2.11. The van der Waals surface area contributed by atoms with E-state index in [0.29, 0.717) is 12.1 Å². The van der Waals surface area contributed by atoms with Crippen LogP contribution in [-0.2, 0) is 0 Å². The first-order chi connectivity index (χ1) is 7.82. The Morgan fingerprint density at radius 3 is 2.18 bits per heavy atom. The van der Waals surface area contributed by atoms with Gasteiger partial charge in [-0.25, -0.2) is 13.6 Å². The largest absolute Gasteiger partial charge is 0.414 e. The fraction of sp³-hybridized carbons (Fsp3) is 0.222. The third kappa shape index (κ3) is 2.86. The Labute approximate surface area is 94.5 Å². The van der Waals surface area contributed by atoms with Gasteiger partial charge in [-0.15, -0.1) is 0 Å². The Hall–Kier alpha value is -2.25. The first kappa shape index (κ1) is 12.8. The van der Waals surface area contributed by atoms with E-state index in [4.69, 9.17) is 0 Å². The fourth-order valence-corrected chi connectivity index (χ4v) is 0.928. The molecule has 0 saturated heterocycles. The monoisotopic (exact) mass is 246 g/mol. The van der Waals surface area contributed by atoms with Crippen molar-refractivity contribution >= 4 is 11.8 Å². The van der Waals surface area contributed by atoms with Crippen LogP contribution in [0.1, 0.15) is 0 Å². The third-order valence-electron chi connectivity index (χ3n) is 1.75. The van der Waals surface area contributed by atoms with E-state index in [1.807, 2.05) is 0 Å². The minimum Gasteiger partial charge on any atom is -0.404 e. The predicted octanol–water partition coefficient (Wildman–Crippen LogP) is 1.93. The van der Waals surface area contributed by atoms with Gasteiger partial charge in [-0.3, -0.25) is 10.1 Å². The molecule has 0 radical (unpaired) electrons. The summed E-state index contributed by atoms with van der Waals surface area (Å²) in [7, 11) is 2.65. The van der Waals surface area contributed by atoms with Crippen molar-refractivity contribution in [2.75, 3.05) is 14.1 Å². The normalized spacial score (nSPS) is 9.88. The fourth-order valence-electron chi connectivity index (χ4n) is 0.928. The molecule has 8 heteroatoms. The highest BCUT2D eigenvalue weighted by Gasteiger charge is 2.21. The molecular formula is C9H8F2N2O4. The maximum absolute atomic E-state index is 13.3. The van der Waals surface area contributed by atoms with Gasteiger partial charge in [0, 0.05) is 14.1 Å². The van der Waals surface area contributed by atoms with Crippen LogP contribution in [0.3, 0.4) is 0 Å². The summed E-state index contributed by atoms with van der Waals surface area (Å²) in [4.78, 5) is 21.4. The summed E-state index contributed by atoms with van der Waals surface area (Å²) >= 11 is 0. The number of halogens is 2. The predicted molar refractivity (Wildman–Crippen MR) is 52.7 cm³/mol. The zero-order valence-corrected chi connectivity index (χ0v) is 8.94. The van der Waals surface area contributed by atoms with Gasteiger partial charge < -0.3 is 9.64 Å². The lowest BCUT2D eigenvalue weighted by molar-refractivity contribution is -0.385. The molecule has 0 aromatic heterocycles. The van der Waals surface area contributed by atoms with Gasteiger partial charge in [-0.2, -0.15) is 0 Å². The van der Waals surface area contributed by atoms with Crippen LogP contribution in [0.2, 0.25) is 0 Å². The van der Waals surface area contributed by atoms with Gasteiger partial charge in [0.2, 0.25) is 5.75 Å². The molecule has 0 aliphatic rings. The van der Waals surface area contributed by atoms with Gasteiger partial charge >= 0.3 is 6.09 Å². The molecule has 0 fully saturated rings. The van der Waals surface area contributed by atoms with E-state index >= 15 is 0 Å². The van der Waals surface area contributed by atoms with E-state index in [2.05, 4.69) is 4.74 Å². The first-order valence-corrected chi connectivity index (χ1v) is 4.35. The van der Waals surface area contributed by atoms with Crippen molar-refractivity contribution in [1.29, 1.82) is 0 Å². The zero-order valence-electron chi connectivity index (χ0n) is 8.94. The Morgan fingerprint density at radius 2 is 1.82 bits per heavy atom. The van der Waals surface area contributed by atoms with Crippen LogP contribution in [0.4, 0.5) is 19.3 Å². The van der Waals surface area contributed by atoms with Crippen molar-refractivity contribution in [1.82, 2.24) is 4.90 Å². The summed E-state index contributed by atoms with van der Waals surface area (Å²) in [5.74, 6) is -3.59. The number of hydrogen-bond donors (Lipinski definition) is 0. The van der Waals surface area contributed by atoms with Gasteiger partial charge in [0.25, 0.3) is 5.69 Å². The summed E-state index contributed by atoms with van der Waals surface area (Å²) in [6, 6.07) is 0.947. The second-order valence-electron chi connectivity index (χ2n) is 3.26. The minimum atomic E-state index is -1.31. The molecule has 1 aromatic carbocycles. The first-order valence-electron chi connectivity index (χ1n) is 4.35. The molecule has 0 N–H and O–H groups in total. The van der Waals surface area contributed by atoms with Crippen molar-refractivity contribution in [2.24, 2.45) is 0 Å². The van der Waals surface area contributed by atoms with Crippen LogP contribution < -0.4 is 4.74 Å². The average molecular weight is 246 g/mol. The summed E-state index contributed by atoms with van der Waals surface area (Å²) in [6.45, 7) is 0. The van der Waals surface area contributed by atoms with Crippen LogP contribution in [-0.4, -0.2) is 30.0 Å². The summed E-state index contributed by atoms with van der Waals surface area (Å²) in [5.41, 5.74) is -0.760. The summed E-state index contributed by atoms with van der Waals surface area (Å²) in [6.07, 6.45) is -0.989. The molecule has 1 aromatic rings. The van der Waals surface area contributed by atoms with Gasteiger partial charge in [0.05, 0.1) is 17.1 Å². The molecule has 6 nitrogen and oxygen atoms in total. The highest BCUT2D eigenvalue weighted by Crippen LogP contribution is 2.27. The summed E-state index contributed by atoms with van der Waals surface area (Å²) in [5, 5.41) is 10.3. The smallest absolute Gasteiger partial charge is 0.404 e. The van der Waals surface area contributed by atoms with E-state index in [1.165, 1.54) is 14.1 Å². The molecule has 0 unspecified atom stereocenters. The maximum atomic E-state index is 13.3. The average Bonchev–Trinajstić information content (AvgIpc) is 2.22. The van der Waals surface area contributed by atoms with Crippen molar-refractivity contribution < 1.29 is 23.2 Å². The number of nitro groups is 1. The lowest BCUT2D eigenvalue weighted by Crippen LogP contribution is -2.26. The summed E-state index contributed by atoms with van der Waals surface area (Å²) < 4.78 is 30.9. The minimum absolute atomic E-state index is 0.474. The molecule has 17 heavy (non-hydrogen) atoms. The van der Waals surface area contributed by atoms with Crippen molar-refractivity contribution in [3.63, 3.8) is 0 Å². The molecule has 1 amide bonds. The molecule has 0 saturated carbocycles. The molecular weight excluding hydrogens is 238 g/mol. The SMILES string of the molecule is CN(C)C(=O)Oc1c(F)cc([N+](=O)[O-])cc1F. The lowest BCUT2D eigenvalue weighted by atomic mass is 10.3. The van der Waals surface area contributed by atoms with Crippen LogP contribution in [0.15, 0.2) is 12.1 Å². The third-order valence-corrected chi connectivity index (χ3v) is 1.75. The Kier molecular flexibility index (Phi) is 3.56. The molecule has 0 bridgehead atoms. The zero-order chi connectivity index (χ0) is 13.2. The van der Waals surface area contributed by atoms with Gasteiger partial charge in [0.1, 0.15) is 0 Å². The molecule has 0 aliphatic carbocycles. The number of nitrogens with zero attached hydrogens (tertiary/aromatic N) is 2. The number of ether oxygens (including phenoxy) is 1. The van der Waals surface area contributed by atoms with Crippen LogP contribution in [0.5, 0.6) is 5.75 Å². The number of non-ortho nitro benzene ring substituents is 1. The second kappa shape index (κ2) is 4.73. The number of nitro benzene ring substituents is 1. The van der Waals surface area contributed by atoms with Crippen molar-refractivity contribution in [2.45, 2.75) is 0 Å². The number of carbonyl (C=O) groups excluding carboxylic acids is 1. The molecule has 1 rings (SSSR count). The Bertz CT molecular complexity index is 453. The van der Waals surface area contributed by atoms with E-state index in [9.17, 15) is 23.7 Å². The number of amides is 1. The molecule has 0 atom stereocenters. The van der Waals surface area contributed by atoms with E-state index in [0.717, 1.165) is 4.90 Å². The molecule has 0 aliphatic heterocycles. The number of benzene rings is 1. The van der Waals surface area contributed by atoms with Crippen LogP contribution in [0, 0.1) is 21.7 Å². The quantitative estimate of drug-likeness (QED) is 0.590. The molecule has 92 valence electrons. The Morgan fingerprint density at radius 1 is 1.35 bits per heavy atom. The van der Waals surface area contributed by atoms with Gasteiger partial charge in [0.15, 0.2) is 11.6 Å². The maximum Gasteiger partial charge on any atom is 0.414 e. The highest BCUT2D eigenvalue weighted by molar-refractivity contribution is 5.70. The molecule has 0 spiro atoms. The van der Waals surface area contributed by atoms with E-state index < -0.39 is 34.1 Å². The number of carbonyl (C=O) groups is 1. The Balaban J connectivity index is 3.10. The van der Waals surface area contributed by atoms with Gasteiger partial charge in [-0.1, -0.05) is 0 Å². The standard InChI is InChI=1S/C9H8F2N2O4/c1-12(2)9(14)17-8-6(10)3-5(13(15)16)4-7(8)11/h3-4H,1-2H3. The van der Waals surface area contributed by atoms with Gasteiger partial charge in [-0.05, 0) is 0 Å². The van der Waals surface area contributed by atoms with Crippen LogP contribution >= 0.6 is 0 Å². The molecule has 0 heterocycles. The number of rotatable bonds is 2. The topological polar surface area (TPSA) is 72.7 Å². The van der Waals surface area contributed by atoms with Crippen molar-refractivity contribution in [3.8, 4) is 5.75 Å². The van der Waals surface area contributed by atoms with E-state index in [1.54, 1.807) is 0 Å². The highest BCUT2D eigenvalue weighted by atomic mass is 19.1. The van der Waals surface area contributed by atoms with Crippen molar-refractivity contribution in [3.05, 3.63) is 33.9 Å². The number of hydrogen-bond acceptors (Lipinski definition) is 4. The second-order valence-corrected chi connectivity index (χ2v) is 3.26. The van der Waals surface area contributed by atoms with Crippen LogP contribution in [0.25, 0.3) is 0 Å².